The Kier molecular flexibility index (Phi) is 21.7. The maximum atomic E-state index is 13.3. The molecule has 24 heteroatoms. The minimum atomic E-state index is -0.878. The van der Waals surface area contributed by atoms with Gasteiger partial charge in [-0.25, -0.2) is 0 Å². The summed E-state index contributed by atoms with van der Waals surface area (Å²) in [4.78, 5) is 116. The van der Waals surface area contributed by atoms with Crippen LogP contribution in [0.25, 0.3) is 0 Å². The number of nitrogens with two attached hydrogens (primary N) is 2. The Morgan fingerprint density at radius 3 is 1.10 bits per heavy atom. The topological polar surface area (TPSA) is 351 Å². The van der Waals surface area contributed by atoms with E-state index in [2.05, 4.69) is 47.9 Å². The number of carbonyl (C=O) groups excluding carboxylic acids is 9. The molecule has 13 N–H and O–H groups in total. The van der Waals surface area contributed by atoms with Gasteiger partial charge >= 0.3 is 0 Å². The summed E-state index contributed by atoms with van der Waals surface area (Å²) in [5.74, 6) is -4.81. The predicted molar refractivity (Wildman–Crippen MR) is 265 cm³/mol. The van der Waals surface area contributed by atoms with Crippen molar-refractivity contribution in [1.82, 2.24) is 26.6 Å². The molecule has 0 saturated heterocycles. The molecule has 0 heterocycles. The van der Waals surface area contributed by atoms with Crippen LogP contribution in [0.4, 0.5) is 22.7 Å². The van der Waals surface area contributed by atoms with Gasteiger partial charge in [-0.3, -0.25) is 43.2 Å². The third-order valence-electron chi connectivity index (χ3n) is 10.2. The van der Waals surface area contributed by atoms with Crippen LogP contribution in [0.2, 0.25) is 0 Å². The van der Waals surface area contributed by atoms with Crippen molar-refractivity contribution in [1.29, 1.82) is 0 Å². The molecule has 384 valence electrons. The number of anilines is 4. The maximum absolute atomic E-state index is 13.3. The zero-order chi connectivity index (χ0) is 52.7. The average Bonchev–Trinajstić information content (AvgIpc) is 3.37. The van der Waals surface area contributed by atoms with E-state index in [1.807, 2.05) is 0 Å². The zero-order valence-corrected chi connectivity index (χ0v) is 40.3. The summed E-state index contributed by atoms with van der Waals surface area (Å²) in [6.45, 7) is 0.874. The number of unbranched alkanes of at least 4 members (excludes halogenated alkanes) is 1. The van der Waals surface area contributed by atoms with E-state index in [1.54, 1.807) is 0 Å². The fourth-order valence-electron chi connectivity index (χ4n) is 6.58. The summed E-state index contributed by atoms with van der Waals surface area (Å²) < 4.78 is 21.2. The summed E-state index contributed by atoms with van der Waals surface area (Å²) in [7, 11) is 5.38. The lowest BCUT2D eigenvalue weighted by Crippen LogP contribution is -2.41. The van der Waals surface area contributed by atoms with Gasteiger partial charge < -0.3 is 78.3 Å². The van der Waals surface area contributed by atoms with Crippen molar-refractivity contribution in [2.24, 2.45) is 11.5 Å². The number of carbonyl (C=O) groups is 9. The quantitative estimate of drug-likeness (QED) is 0.0392. The predicted octanol–water partition coefficient (Wildman–Crippen LogP) is 1.09. The molecule has 9 amide bonds. The first-order valence-electron chi connectivity index (χ1n) is 22.3. The van der Waals surface area contributed by atoms with Crippen LogP contribution >= 0.6 is 0 Å². The second-order valence-electron chi connectivity index (χ2n) is 15.4. The molecule has 0 radical (unpaired) electrons. The summed E-state index contributed by atoms with van der Waals surface area (Å²) in [5.41, 5.74) is 11.8. The van der Waals surface area contributed by atoms with Crippen LogP contribution < -0.4 is 78.3 Å². The molecule has 0 unspecified atom stereocenters. The number of hydrogen-bond acceptors (Lipinski definition) is 15. The third kappa shape index (κ3) is 16.7. The van der Waals surface area contributed by atoms with E-state index in [9.17, 15) is 43.2 Å². The highest BCUT2D eigenvalue weighted by Crippen LogP contribution is 2.26. The van der Waals surface area contributed by atoms with Gasteiger partial charge in [-0.15, -0.1) is 0 Å². The zero-order valence-electron chi connectivity index (χ0n) is 40.3. The molecule has 4 rings (SSSR count). The number of amides is 9. The van der Waals surface area contributed by atoms with Crippen molar-refractivity contribution < 1.29 is 62.1 Å². The molecule has 0 bridgehead atoms. The van der Waals surface area contributed by atoms with Crippen LogP contribution in [0.1, 0.15) is 67.6 Å². The van der Waals surface area contributed by atoms with Gasteiger partial charge in [-0.2, -0.15) is 0 Å². The highest BCUT2D eigenvalue weighted by molar-refractivity contribution is 6.06. The normalized spacial score (nSPS) is 10.8. The number of hydrogen-bond donors (Lipinski definition) is 11. The van der Waals surface area contributed by atoms with Crippen molar-refractivity contribution in [3.8, 4) is 23.0 Å². The van der Waals surface area contributed by atoms with Crippen molar-refractivity contribution in [3.63, 3.8) is 0 Å². The Hall–Kier alpha value is -8.77. The summed E-state index contributed by atoms with van der Waals surface area (Å²) >= 11 is 0. The lowest BCUT2D eigenvalue weighted by atomic mass is 10.1. The monoisotopic (exact) mass is 997 g/mol. The van der Waals surface area contributed by atoms with Crippen LogP contribution in [-0.2, 0) is 24.0 Å². The minimum absolute atomic E-state index is 0.000927. The number of nitrogens with one attached hydrogen (secondary N) is 9. The van der Waals surface area contributed by atoms with E-state index in [4.69, 9.17) is 30.4 Å². The first kappa shape index (κ1) is 55.8. The molecule has 4 aromatic rings. The second-order valence-corrected chi connectivity index (χ2v) is 15.4. The molecule has 0 aliphatic heterocycles. The molecule has 24 nitrogen and oxygen atoms in total. The van der Waals surface area contributed by atoms with Gasteiger partial charge in [0, 0.05) is 42.3 Å². The fraction of sp³-hybridized carbons (Fsp3) is 0.312. The summed E-state index contributed by atoms with van der Waals surface area (Å²) in [5, 5.41) is 23.1. The Morgan fingerprint density at radius 2 is 0.778 bits per heavy atom. The van der Waals surface area contributed by atoms with Crippen molar-refractivity contribution in [3.05, 3.63) is 95.1 Å². The van der Waals surface area contributed by atoms with Gasteiger partial charge in [0.2, 0.25) is 29.5 Å². The highest BCUT2D eigenvalue weighted by atomic mass is 16.5. The van der Waals surface area contributed by atoms with Gasteiger partial charge in [0.1, 0.15) is 29.0 Å². The SMILES string of the molecule is COc1ccc(NC(=O)CNC(=O)c2cc(NC(=O)CNC(=O)c3cc(NC(=O)CNC(=O)c4cc(NC(=O)[C@@H](C)NC(=O)CCCCN)ccc4OC)ccc3OC)ccc2OC)cc1C(=O)NCCN. The Balaban J connectivity index is 1.31. The lowest BCUT2D eigenvalue weighted by Gasteiger charge is -2.16. The molecular weight excluding hydrogens is 939 g/mol. The van der Waals surface area contributed by atoms with Gasteiger partial charge in [0.05, 0.1) is 70.3 Å². The van der Waals surface area contributed by atoms with E-state index < -0.39 is 72.9 Å². The molecular formula is C48H59N11O13. The van der Waals surface area contributed by atoms with E-state index in [1.165, 1.54) is 108 Å². The highest BCUT2D eigenvalue weighted by Gasteiger charge is 2.22. The Morgan fingerprint density at radius 1 is 0.444 bits per heavy atom. The number of methoxy groups -OCH3 is 4. The smallest absolute Gasteiger partial charge is 0.255 e. The Labute approximate surface area is 414 Å². The van der Waals surface area contributed by atoms with E-state index in [0.717, 1.165) is 0 Å². The molecule has 0 aromatic heterocycles. The first-order valence-corrected chi connectivity index (χ1v) is 22.3. The Bertz CT molecular complexity index is 2640. The van der Waals surface area contributed by atoms with Crippen LogP contribution in [0.15, 0.2) is 72.8 Å². The van der Waals surface area contributed by atoms with Crippen LogP contribution in [0.5, 0.6) is 23.0 Å². The van der Waals surface area contributed by atoms with Gasteiger partial charge in [0.25, 0.3) is 23.6 Å². The largest absolute Gasteiger partial charge is 0.496 e. The maximum Gasteiger partial charge on any atom is 0.255 e. The van der Waals surface area contributed by atoms with E-state index in [0.29, 0.717) is 19.4 Å². The number of ether oxygens (including phenoxy) is 4. The van der Waals surface area contributed by atoms with Crippen molar-refractivity contribution >= 4 is 75.9 Å². The summed E-state index contributed by atoms with van der Waals surface area (Å²) in [6, 6.07) is 16.2. The van der Waals surface area contributed by atoms with E-state index in [-0.39, 0.29) is 93.4 Å². The summed E-state index contributed by atoms with van der Waals surface area (Å²) in [6.07, 6.45) is 1.48. The van der Waals surface area contributed by atoms with Gasteiger partial charge in [-0.1, -0.05) is 0 Å². The van der Waals surface area contributed by atoms with Crippen LogP contribution in [0, 0.1) is 0 Å². The lowest BCUT2D eigenvalue weighted by molar-refractivity contribution is -0.126. The molecule has 0 aliphatic carbocycles. The molecule has 0 saturated carbocycles. The third-order valence-corrected chi connectivity index (χ3v) is 10.2. The van der Waals surface area contributed by atoms with Gasteiger partial charge in [-0.05, 0) is 99.1 Å². The molecule has 0 aliphatic rings. The second kappa shape index (κ2) is 28.0. The standard InChI is InChI=1S/C48H59N11O13/c1-27(55-40(60)8-6-7-17-49)44(64)59-31-12-16-39(72-5)35(23-31)48(68)54-26-43(63)58-30-11-15-38(71-4)34(22-30)47(67)53-25-42(62)57-29-10-14-37(70-3)33(21-29)46(66)52-24-41(61)56-28-9-13-36(69-2)32(20-28)45(65)51-19-18-50/h9-16,20-23,27H,6-8,17-19,24-26,49-50H2,1-5H3,(H,51,65)(H,52,66)(H,53,67)(H,54,68)(H,55,60)(H,56,61)(H,57,62)(H,58,63)(H,59,64)/t27-/m1/s1. The van der Waals surface area contributed by atoms with Crippen molar-refractivity contribution in [2.75, 3.05) is 89.0 Å². The van der Waals surface area contributed by atoms with Gasteiger partial charge in [0.15, 0.2) is 0 Å². The molecule has 72 heavy (non-hydrogen) atoms. The number of rotatable bonds is 26. The fourth-order valence-corrected chi connectivity index (χ4v) is 6.58. The minimum Gasteiger partial charge on any atom is -0.496 e. The molecule has 0 fully saturated rings. The number of benzene rings is 4. The molecule has 1 atom stereocenters. The average molecular weight is 998 g/mol. The van der Waals surface area contributed by atoms with Crippen molar-refractivity contribution in [2.45, 2.75) is 32.2 Å². The van der Waals surface area contributed by atoms with E-state index >= 15 is 0 Å². The van der Waals surface area contributed by atoms with Crippen LogP contribution in [0.3, 0.4) is 0 Å². The molecule has 4 aromatic carbocycles. The van der Waals surface area contributed by atoms with Crippen LogP contribution in [-0.4, -0.2) is 127 Å². The first-order chi connectivity index (χ1) is 34.5. The molecule has 0 spiro atoms.